The highest BCUT2D eigenvalue weighted by Crippen LogP contribution is 2.19. The molecular formula is C13H15N3O3. The van der Waals surface area contributed by atoms with Crippen LogP contribution >= 0.6 is 0 Å². The smallest absolute Gasteiger partial charge is 0.303 e. The number of likely N-dealkylation sites (N-methyl/N-ethyl adjacent to an activating group) is 1. The maximum absolute atomic E-state index is 12.0. The van der Waals surface area contributed by atoms with Crippen molar-refractivity contribution in [3.05, 3.63) is 29.8 Å². The van der Waals surface area contributed by atoms with Gasteiger partial charge in [-0.3, -0.25) is 9.59 Å². The molecule has 0 heterocycles. The van der Waals surface area contributed by atoms with Gasteiger partial charge in [-0.25, -0.2) is 0 Å². The average molecular weight is 261 g/mol. The van der Waals surface area contributed by atoms with Crippen molar-refractivity contribution < 1.29 is 14.7 Å². The van der Waals surface area contributed by atoms with Gasteiger partial charge >= 0.3 is 5.97 Å². The summed E-state index contributed by atoms with van der Waals surface area (Å²) in [4.78, 5) is 23.7. The SMILES string of the molecule is CN(C(=O)C(N)CCC(=O)O)c1ccccc1C#N. The van der Waals surface area contributed by atoms with Crippen LogP contribution < -0.4 is 10.6 Å². The summed E-state index contributed by atoms with van der Waals surface area (Å²) in [7, 11) is 1.51. The van der Waals surface area contributed by atoms with Crippen LogP contribution in [-0.2, 0) is 9.59 Å². The standard InChI is InChI=1S/C13H15N3O3/c1-16(11-5-3-2-4-9(11)8-14)13(19)10(15)6-7-12(17)18/h2-5,10H,6-7,15H2,1H3,(H,17,18). The Balaban J connectivity index is 2.82. The summed E-state index contributed by atoms with van der Waals surface area (Å²) in [5.41, 5.74) is 6.48. The molecule has 1 atom stereocenters. The summed E-state index contributed by atoms with van der Waals surface area (Å²) in [6.45, 7) is 0. The quantitative estimate of drug-likeness (QED) is 0.811. The lowest BCUT2D eigenvalue weighted by Gasteiger charge is -2.21. The maximum atomic E-state index is 12.0. The van der Waals surface area contributed by atoms with Gasteiger partial charge in [-0.2, -0.15) is 5.26 Å². The lowest BCUT2D eigenvalue weighted by Crippen LogP contribution is -2.42. The Morgan fingerprint density at radius 3 is 2.68 bits per heavy atom. The molecule has 6 heteroatoms. The van der Waals surface area contributed by atoms with E-state index in [0.29, 0.717) is 11.3 Å². The van der Waals surface area contributed by atoms with Crippen LogP contribution in [0.15, 0.2) is 24.3 Å². The zero-order chi connectivity index (χ0) is 14.4. The Morgan fingerprint density at radius 2 is 2.11 bits per heavy atom. The Hall–Kier alpha value is -2.39. The van der Waals surface area contributed by atoms with Crippen molar-refractivity contribution in [3.8, 4) is 6.07 Å². The number of carbonyl (C=O) groups excluding carboxylic acids is 1. The average Bonchev–Trinajstić information content (AvgIpc) is 2.42. The minimum Gasteiger partial charge on any atom is -0.481 e. The Morgan fingerprint density at radius 1 is 1.47 bits per heavy atom. The molecule has 100 valence electrons. The van der Waals surface area contributed by atoms with Crippen molar-refractivity contribution in [3.63, 3.8) is 0 Å². The van der Waals surface area contributed by atoms with E-state index in [2.05, 4.69) is 0 Å². The molecule has 0 saturated carbocycles. The summed E-state index contributed by atoms with van der Waals surface area (Å²) in [5, 5.41) is 17.5. The van der Waals surface area contributed by atoms with Crippen molar-refractivity contribution in [2.24, 2.45) is 5.73 Å². The second-order valence-corrected chi connectivity index (χ2v) is 4.07. The van der Waals surface area contributed by atoms with E-state index in [0.717, 1.165) is 0 Å². The summed E-state index contributed by atoms with van der Waals surface area (Å²) < 4.78 is 0. The number of rotatable bonds is 5. The Bertz CT molecular complexity index is 522. The highest BCUT2D eigenvalue weighted by atomic mass is 16.4. The van der Waals surface area contributed by atoms with Crippen LogP contribution in [0.2, 0.25) is 0 Å². The molecule has 1 rings (SSSR count). The zero-order valence-electron chi connectivity index (χ0n) is 10.5. The summed E-state index contributed by atoms with van der Waals surface area (Å²) in [6, 6.07) is 7.74. The van der Waals surface area contributed by atoms with Gasteiger partial charge in [0.15, 0.2) is 0 Å². The molecular weight excluding hydrogens is 246 g/mol. The third-order valence-electron chi connectivity index (χ3n) is 2.70. The monoisotopic (exact) mass is 261 g/mol. The highest BCUT2D eigenvalue weighted by molar-refractivity contribution is 5.97. The van der Waals surface area contributed by atoms with Crippen LogP contribution in [0.25, 0.3) is 0 Å². The number of anilines is 1. The van der Waals surface area contributed by atoms with Gasteiger partial charge in [0.25, 0.3) is 0 Å². The summed E-state index contributed by atoms with van der Waals surface area (Å²) >= 11 is 0. The molecule has 6 nitrogen and oxygen atoms in total. The van der Waals surface area contributed by atoms with Crippen molar-refractivity contribution in [2.45, 2.75) is 18.9 Å². The zero-order valence-corrected chi connectivity index (χ0v) is 10.5. The molecule has 19 heavy (non-hydrogen) atoms. The molecule has 0 spiro atoms. The maximum Gasteiger partial charge on any atom is 0.303 e. The van der Waals surface area contributed by atoms with Crippen molar-refractivity contribution in [1.29, 1.82) is 5.26 Å². The lowest BCUT2D eigenvalue weighted by atomic mass is 10.1. The van der Waals surface area contributed by atoms with Gasteiger partial charge in [-0.05, 0) is 18.6 Å². The van der Waals surface area contributed by atoms with Crippen molar-refractivity contribution in [1.82, 2.24) is 0 Å². The third-order valence-corrected chi connectivity index (χ3v) is 2.70. The molecule has 0 aliphatic rings. The molecule has 0 bridgehead atoms. The van der Waals surface area contributed by atoms with E-state index >= 15 is 0 Å². The molecule has 0 fully saturated rings. The molecule has 1 aromatic rings. The number of nitrogens with two attached hydrogens (primary N) is 1. The molecule has 0 aromatic heterocycles. The number of benzene rings is 1. The van der Waals surface area contributed by atoms with Crippen LogP contribution in [0.4, 0.5) is 5.69 Å². The van der Waals surface area contributed by atoms with Crippen molar-refractivity contribution in [2.75, 3.05) is 11.9 Å². The predicted octanol–water partition coefficient (Wildman–Crippen LogP) is 0.713. The second kappa shape index (κ2) is 6.52. The number of aliphatic carboxylic acids is 1. The van der Waals surface area contributed by atoms with Crippen LogP contribution in [0, 0.1) is 11.3 Å². The minimum absolute atomic E-state index is 0.0627. The van der Waals surface area contributed by atoms with Gasteiger partial charge in [0.05, 0.1) is 17.3 Å². The number of hydrogen-bond acceptors (Lipinski definition) is 4. The van der Waals surface area contributed by atoms with E-state index < -0.39 is 17.9 Å². The van der Waals surface area contributed by atoms with E-state index in [1.807, 2.05) is 6.07 Å². The fourth-order valence-corrected chi connectivity index (χ4v) is 1.63. The molecule has 1 aromatic carbocycles. The largest absolute Gasteiger partial charge is 0.481 e. The first-order chi connectivity index (χ1) is 8.97. The van der Waals surface area contributed by atoms with Gasteiger partial charge in [0, 0.05) is 13.5 Å². The third kappa shape index (κ3) is 3.79. The molecule has 1 amide bonds. The van der Waals surface area contributed by atoms with Crippen LogP contribution in [0.3, 0.4) is 0 Å². The Kier molecular flexibility index (Phi) is 5.03. The first-order valence-electron chi connectivity index (χ1n) is 5.71. The molecule has 1 unspecified atom stereocenters. The van der Waals surface area contributed by atoms with E-state index in [4.69, 9.17) is 16.1 Å². The number of carboxylic acids is 1. The minimum atomic E-state index is -0.997. The van der Waals surface area contributed by atoms with Gasteiger partial charge in [0.2, 0.25) is 5.91 Å². The van der Waals surface area contributed by atoms with Crippen LogP contribution in [0.1, 0.15) is 18.4 Å². The number of para-hydroxylation sites is 1. The lowest BCUT2D eigenvalue weighted by molar-refractivity contribution is -0.137. The topological polar surface area (TPSA) is 107 Å². The molecule has 0 aliphatic heterocycles. The number of nitriles is 1. The predicted molar refractivity (Wildman–Crippen MR) is 69.4 cm³/mol. The summed E-state index contributed by atoms with van der Waals surface area (Å²) in [6.07, 6.45) is -0.103. The van der Waals surface area contributed by atoms with E-state index in [9.17, 15) is 9.59 Å². The fourth-order valence-electron chi connectivity index (χ4n) is 1.63. The fraction of sp³-hybridized carbons (Fsp3) is 0.308. The first-order valence-corrected chi connectivity index (χ1v) is 5.71. The van der Waals surface area contributed by atoms with E-state index in [-0.39, 0.29) is 12.8 Å². The second-order valence-electron chi connectivity index (χ2n) is 4.07. The van der Waals surface area contributed by atoms with Gasteiger partial charge < -0.3 is 15.7 Å². The number of hydrogen-bond donors (Lipinski definition) is 2. The molecule has 0 aliphatic carbocycles. The summed E-state index contributed by atoms with van der Waals surface area (Å²) in [5.74, 6) is -1.41. The first kappa shape index (κ1) is 14.7. The number of carbonyl (C=O) groups is 2. The number of carboxylic acid groups (broad SMARTS) is 1. The molecule has 0 radical (unpaired) electrons. The normalized spacial score (nSPS) is 11.4. The highest BCUT2D eigenvalue weighted by Gasteiger charge is 2.21. The van der Waals surface area contributed by atoms with Gasteiger partial charge in [-0.1, -0.05) is 12.1 Å². The van der Waals surface area contributed by atoms with E-state index in [1.54, 1.807) is 24.3 Å². The van der Waals surface area contributed by atoms with E-state index in [1.165, 1.54) is 11.9 Å². The molecule has 3 N–H and O–H groups in total. The molecule has 0 saturated heterocycles. The van der Waals surface area contributed by atoms with Gasteiger partial charge in [0.1, 0.15) is 6.07 Å². The number of nitrogens with zero attached hydrogens (tertiary/aromatic N) is 2. The van der Waals surface area contributed by atoms with Crippen LogP contribution in [-0.4, -0.2) is 30.1 Å². The Labute approximate surface area is 111 Å². The van der Waals surface area contributed by atoms with Gasteiger partial charge in [-0.15, -0.1) is 0 Å². The van der Waals surface area contributed by atoms with Crippen molar-refractivity contribution >= 4 is 17.6 Å². The van der Waals surface area contributed by atoms with Crippen LogP contribution in [0.5, 0.6) is 0 Å². The number of amides is 1.